The van der Waals surface area contributed by atoms with Crippen molar-refractivity contribution in [1.29, 1.82) is 0 Å². The van der Waals surface area contributed by atoms with Gasteiger partial charge in [-0.2, -0.15) is 5.10 Å². The smallest absolute Gasteiger partial charge is 0.256 e. The summed E-state index contributed by atoms with van der Waals surface area (Å²) in [7, 11) is 4.00. The summed E-state index contributed by atoms with van der Waals surface area (Å²) in [5.41, 5.74) is 3.00. The molecule has 0 aliphatic rings. The first kappa shape index (κ1) is 22.0. The van der Waals surface area contributed by atoms with Gasteiger partial charge in [0, 0.05) is 12.6 Å². The minimum absolute atomic E-state index is 0.143. The van der Waals surface area contributed by atoms with Gasteiger partial charge in [-0.05, 0) is 50.7 Å². The molecule has 0 fully saturated rings. The standard InChI is InChI=1S/C23H26ClFN4O/c1-16-21(22(24)29(27-16)15-18-9-11-19(25)12-10-18)23(30)26-14-20(28(2)3)13-17-7-5-4-6-8-17/h4-12,20H,13-15H2,1-3H3,(H,26,30). The Morgan fingerprint density at radius 3 is 2.43 bits per heavy atom. The number of likely N-dealkylation sites (N-methyl/N-ethyl adjacent to an activating group) is 1. The molecule has 0 aliphatic carbocycles. The predicted octanol–water partition coefficient (Wildman–Crippen LogP) is 3.94. The van der Waals surface area contributed by atoms with Gasteiger partial charge in [-0.3, -0.25) is 4.79 Å². The number of nitrogens with zero attached hydrogens (tertiary/aromatic N) is 3. The number of benzene rings is 2. The zero-order chi connectivity index (χ0) is 21.7. The van der Waals surface area contributed by atoms with Crippen LogP contribution >= 0.6 is 11.6 Å². The van der Waals surface area contributed by atoms with Crippen molar-refractivity contribution in [2.75, 3.05) is 20.6 Å². The van der Waals surface area contributed by atoms with E-state index in [-0.39, 0.29) is 22.9 Å². The first-order valence-electron chi connectivity index (χ1n) is 9.81. The first-order valence-corrected chi connectivity index (χ1v) is 10.2. The molecule has 1 N–H and O–H groups in total. The summed E-state index contributed by atoms with van der Waals surface area (Å²) in [6.07, 6.45) is 0.824. The number of amides is 1. The van der Waals surface area contributed by atoms with Crippen molar-refractivity contribution in [3.63, 3.8) is 0 Å². The SMILES string of the molecule is Cc1nn(Cc2ccc(F)cc2)c(Cl)c1C(=O)NCC(Cc1ccccc1)N(C)C. The Balaban J connectivity index is 1.68. The van der Waals surface area contributed by atoms with E-state index in [2.05, 4.69) is 27.4 Å². The van der Waals surface area contributed by atoms with E-state index in [1.54, 1.807) is 23.7 Å². The highest BCUT2D eigenvalue weighted by Crippen LogP contribution is 2.21. The molecule has 0 spiro atoms. The molecule has 7 heteroatoms. The molecule has 158 valence electrons. The number of nitrogens with one attached hydrogen (secondary N) is 1. The minimum atomic E-state index is -0.299. The Labute approximate surface area is 181 Å². The molecule has 5 nitrogen and oxygen atoms in total. The molecule has 1 aromatic heterocycles. The third-order valence-corrected chi connectivity index (χ3v) is 5.46. The minimum Gasteiger partial charge on any atom is -0.350 e. The molecule has 2 aromatic carbocycles. The van der Waals surface area contributed by atoms with E-state index < -0.39 is 0 Å². The number of aryl methyl sites for hydroxylation is 1. The Morgan fingerprint density at radius 2 is 1.80 bits per heavy atom. The molecular weight excluding hydrogens is 403 g/mol. The van der Waals surface area contributed by atoms with Crippen molar-refractivity contribution in [1.82, 2.24) is 20.0 Å². The first-order chi connectivity index (χ1) is 14.3. The van der Waals surface area contributed by atoms with Gasteiger partial charge in [-0.25, -0.2) is 9.07 Å². The van der Waals surface area contributed by atoms with Crippen LogP contribution in [0.1, 0.15) is 27.2 Å². The average molecular weight is 429 g/mol. The maximum absolute atomic E-state index is 13.1. The van der Waals surface area contributed by atoms with Crippen molar-refractivity contribution < 1.29 is 9.18 Å². The van der Waals surface area contributed by atoms with Gasteiger partial charge in [-0.15, -0.1) is 0 Å². The fraction of sp³-hybridized carbons (Fsp3) is 0.304. The van der Waals surface area contributed by atoms with Gasteiger partial charge in [0.1, 0.15) is 11.0 Å². The summed E-state index contributed by atoms with van der Waals surface area (Å²) in [6, 6.07) is 16.5. The van der Waals surface area contributed by atoms with Gasteiger partial charge < -0.3 is 10.2 Å². The van der Waals surface area contributed by atoms with Crippen molar-refractivity contribution in [2.45, 2.75) is 25.9 Å². The molecule has 1 amide bonds. The van der Waals surface area contributed by atoms with Crippen LogP contribution < -0.4 is 5.32 Å². The maximum Gasteiger partial charge on any atom is 0.256 e. The van der Waals surface area contributed by atoms with Gasteiger partial charge in [0.15, 0.2) is 0 Å². The third-order valence-electron chi connectivity index (χ3n) is 5.08. The molecule has 0 bridgehead atoms. The number of hydrogen-bond donors (Lipinski definition) is 1. The van der Waals surface area contributed by atoms with E-state index in [4.69, 9.17) is 11.6 Å². The monoisotopic (exact) mass is 428 g/mol. The Hall–Kier alpha value is -2.70. The van der Waals surface area contributed by atoms with Crippen molar-refractivity contribution in [3.05, 3.63) is 88.0 Å². The van der Waals surface area contributed by atoms with Crippen LogP contribution in [0.3, 0.4) is 0 Å². The fourth-order valence-electron chi connectivity index (χ4n) is 3.30. The van der Waals surface area contributed by atoms with Crippen LogP contribution in [0.2, 0.25) is 5.15 Å². The Kier molecular flexibility index (Phi) is 7.24. The average Bonchev–Trinajstić information content (AvgIpc) is 3.00. The Bertz CT molecular complexity index is 986. The molecular formula is C23H26ClFN4O. The molecule has 1 atom stereocenters. The maximum atomic E-state index is 13.1. The highest BCUT2D eigenvalue weighted by molar-refractivity contribution is 6.33. The van der Waals surface area contributed by atoms with Gasteiger partial charge >= 0.3 is 0 Å². The molecule has 30 heavy (non-hydrogen) atoms. The Morgan fingerprint density at radius 1 is 1.13 bits per heavy atom. The van der Waals surface area contributed by atoms with Crippen LogP contribution in [0.25, 0.3) is 0 Å². The van der Waals surface area contributed by atoms with Crippen LogP contribution in [0.4, 0.5) is 4.39 Å². The van der Waals surface area contributed by atoms with E-state index in [1.165, 1.54) is 17.7 Å². The van der Waals surface area contributed by atoms with Gasteiger partial charge in [0.25, 0.3) is 5.91 Å². The van der Waals surface area contributed by atoms with Crippen LogP contribution in [0.15, 0.2) is 54.6 Å². The lowest BCUT2D eigenvalue weighted by Crippen LogP contribution is -2.41. The van der Waals surface area contributed by atoms with Crippen LogP contribution in [-0.4, -0.2) is 47.3 Å². The van der Waals surface area contributed by atoms with E-state index in [0.717, 1.165) is 12.0 Å². The second kappa shape index (κ2) is 9.87. The van der Waals surface area contributed by atoms with Crippen LogP contribution in [0, 0.1) is 12.7 Å². The summed E-state index contributed by atoms with van der Waals surface area (Å²) >= 11 is 6.47. The van der Waals surface area contributed by atoms with Crippen molar-refractivity contribution in [2.24, 2.45) is 0 Å². The molecule has 1 heterocycles. The second-order valence-electron chi connectivity index (χ2n) is 7.55. The third kappa shape index (κ3) is 5.46. The largest absolute Gasteiger partial charge is 0.350 e. The van der Waals surface area contributed by atoms with Crippen LogP contribution in [0.5, 0.6) is 0 Å². The van der Waals surface area contributed by atoms with Gasteiger partial charge in [0.05, 0.1) is 17.8 Å². The topological polar surface area (TPSA) is 50.2 Å². The fourth-order valence-corrected chi connectivity index (χ4v) is 3.62. The quantitative estimate of drug-likeness (QED) is 0.591. The lowest BCUT2D eigenvalue weighted by Gasteiger charge is -2.24. The van der Waals surface area contributed by atoms with Crippen molar-refractivity contribution in [3.8, 4) is 0 Å². The number of hydrogen-bond acceptors (Lipinski definition) is 3. The normalized spacial score (nSPS) is 12.2. The molecule has 0 aliphatic heterocycles. The summed E-state index contributed by atoms with van der Waals surface area (Å²) in [5.74, 6) is -0.546. The molecule has 0 radical (unpaired) electrons. The second-order valence-corrected chi connectivity index (χ2v) is 7.91. The van der Waals surface area contributed by atoms with E-state index >= 15 is 0 Å². The molecule has 0 saturated carbocycles. The van der Waals surface area contributed by atoms with Gasteiger partial charge in [-0.1, -0.05) is 54.1 Å². The number of aromatic nitrogens is 2. The lowest BCUT2D eigenvalue weighted by atomic mass is 10.1. The lowest BCUT2D eigenvalue weighted by molar-refractivity contribution is 0.0941. The summed E-state index contributed by atoms with van der Waals surface area (Å²) in [4.78, 5) is 15.0. The van der Waals surface area contributed by atoms with Crippen molar-refractivity contribution >= 4 is 17.5 Å². The predicted molar refractivity (Wildman–Crippen MR) is 117 cm³/mol. The summed E-state index contributed by atoms with van der Waals surface area (Å²) in [5, 5.41) is 7.67. The zero-order valence-corrected chi connectivity index (χ0v) is 18.2. The van der Waals surface area contributed by atoms with Gasteiger partial charge in [0.2, 0.25) is 0 Å². The molecule has 1 unspecified atom stereocenters. The molecule has 0 saturated heterocycles. The number of halogens is 2. The van der Waals surface area contributed by atoms with E-state index in [0.29, 0.717) is 24.3 Å². The summed E-state index contributed by atoms with van der Waals surface area (Å²) < 4.78 is 14.7. The van der Waals surface area contributed by atoms with Crippen LogP contribution in [-0.2, 0) is 13.0 Å². The number of carbonyl (C=O) groups excluding carboxylic acids is 1. The molecule has 3 aromatic rings. The zero-order valence-electron chi connectivity index (χ0n) is 17.4. The molecule has 3 rings (SSSR count). The highest BCUT2D eigenvalue weighted by Gasteiger charge is 2.22. The number of rotatable bonds is 8. The van der Waals surface area contributed by atoms with E-state index in [1.807, 2.05) is 32.3 Å². The highest BCUT2D eigenvalue weighted by atomic mass is 35.5. The van der Waals surface area contributed by atoms with E-state index in [9.17, 15) is 9.18 Å². The number of carbonyl (C=O) groups is 1. The summed E-state index contributed by atoms with van der Waals surface area (Å²) in [6.45, 7) is 2.61.